The number of benzene rings is 1. The van der Waals surface area contributed by atoms with Gasteiger partial charge in [-0.3, -0.25) is 4.68 Å². The fourth-order valence-electron chi connectivity index (χ4n) is 2.06. The summed E-state index contributed by atoms with van der Waals surface area (Å²) in [5.41, 5.74) is 3.05. The molecule has 0 aliphatic carbocycles. The molecule has 0 saturated heterocycles. The fourth-order valence-corrected chi connectivity index (χ4v) is 2.46. The van der Waals surface area contributed by atoms with E-state index in [2.05, 4.69) is 28.7 Å². The molecule has 2 N–H and O–H groups in total. The van der Waals surface area contributed by atoms with Crippen molar-refractivity contribution >= 4 is 34.6 Å². The van der Waals surface area contributed by atoms with E-state index in [4.69, 9.17) is 23.8 Å². The van der Waals surface area contributed by atoms with Gasteiger partial charge in [0.1, 0.15) is 0 Å². The summed E-state index contributed by atoms with van der Waals surface area (Å²) in [5, 5.41) is 11.9. The summed E-state index contributed by atoms with van der Waals surface area (Å²) >= 11 is 11.3. The van der Waals surface area contributed by atoms with Crippen LogP contribution in [0.1, 0.15) is 17.8 Å². The van der Waals surface area contributed by atoms with Gasteiger partial charge < -0.3 is 10.6 Å². The molecule has 0 unspecified atom stereocenters. The highest BCUT2D eigenvalue weighted by Crippen LogP contribution is 2.20. The van der Waals surface area contributed by atoms with E-state index in [1.165, 1.54) is 5.69 Å². The fraction of sp³-hybridized carbons (Fsp3) is 0.333. The first-order chi connectivity index (χ1) is 10.1. The highest BCUT2D eigenvalue weighted by atomic mass is 35.5. The zero-order chi connectivity index (χ0) is 15.2. The summed E-state index contributed by atoms with van der Waals surface area (Å²) < 4.78 is 2.02. The number of nitrogens with zero attached hydrogens (tertiary/aromatic N) is 2. The first-order valence-corrected chi connectivity index (χ1v) is 7.65. The molecule has 0 spiro atoms. The van der Waals surface area contributed by atoms with Gasteiger partial charge in [-0.25, -0.2) is 0 Å². The lowest BCUT2D eigenvalue weighted by atomic mass is 10.3. The molecule has 4 nitrogen and oxygen atoms in total. The SMILES string of the molecule is Cc1cc(C)n(CCCNC(=S)Nc2ccccc2Cl)n1. The average Bonchev–Trinajstić information content (AvgIpc) is 2.76. The Morgan fingerprint density at radius 3 is 2.76 bits per heavy atom. The Bertz CT molecular complexity index is 624. The quantitative estimate of drug-likeness (QED) is 0.653. The number of aromatic nitrogens is 2. The molecule has 0 radical (unpaired) electrons. The van der Waals surface area contributed by atoms with Crippen LogP contribution in [0.25, 0.3) is 0 Å². The van der Waals surface area contributed by atoms with Crippen LogP contribution in [-0.2, 0) is 6.54 Å². The van der Waals surface area contributed by atoms with Crippen molar-refractivity contribution < 1.29 is 0 Å². The minimum Gasteiger partial charge on any atom is -0.362 e. The van der Waals surface area contributed by atoms with Crippen LogP contribution in [0.2, 0.25) is 5.02 Å². The maximum Gasteiger partial charge on any atom is 0.170 e. The molecule has 1 aromatic heterocycles. The maximum absolute atomic E-state index is 6.07. The number of thiocarbonyl (C=S) groups is 1. The van der Waals surface area contributed by atoms with Gasteiger partial charge in [-0.15, -0.1) is 0 Å². The van der Waals surface area contributed by atoms with Crippen molar-refractivity contribution in [2.75, 3.05) is 11.9 Å². The van der Waals surface area contributed by atoms with Crippen LogP contribution in [-0.4, -0.2) is 21.4 Å². The summed E-state index contributed by atoms with van der Waals surface area (Å²) in [5.74, 6) is 0. The van der Waals surface area contributed by atoms with Gasteiger partial charge in [0.15, 0.2) is 5.11 Å². The van der Waals surface area contributed by atoms with Crippen LogP contribution >= 0.6 is 23.8 Å². The summed E-state index contributed by atoms with van der Waals surface area (Å²) in [4.78, 5) is 0. The van der Waals surface area contributed by atoms with E-state index >= 15 is 0 Å². The maximum atomic E-state index is 6.07. The smallest absolute Gasteiger partial charge is 0.170 e. The van der Waals surface area contributed by atoms with Crippen molar-refractivity contribution in [1.82, 2.24) is 15.1 Å². The monoisotopic (exact) mass is 322 g/mol. The van der Waals surface area contributed by atoms with Crippen molar-refractivity contribution in [2.24, 2.45) is 0 Å². The van der Waals surface area contributed by atoms with Crippen LogP contribution in [0.15, 0.2) is 30.3 Å². The third kappa shape index (κ3) is 4.72. The van der Waals surface area contributed by atoms with Crippen molar-refractivity contribution in [3.8, 4) is 0 Å². The minimum absolute atomic E-state index is 0.580. The zero-order valence-electron chi connectivity index (χ0n) is 12.2. The Balaban J connectivity index is 1.72. The molecular formula is C15H19ClN4S. The first-order valence-electron chi connectivity index (χ1n) is 6.86. The Hall–Kier alpha value is -1.59. The van der Waals surface area contributed by atoms with Gasteiger partial charge in [-0.05, 0) is 50.7 Å². The number of aryl methyl sites for hydroxylation is 3. The molecule has 112 valence electrons. The third-order valence-corrected chi connectivity index (χ3v) is 3.63. The molecule has 2 aromatic rings. The van der Waals surface area contributed by atoms with Gasteiger partial charge in [0.25, 0.3) is 0 Å². The van der Waals surface area contributed by atoms with Crippen LogP contribution in [0, 0.1) is 13.8 Å². The molecule has 0 aliphatic heterocycles. The lowest BCUT2D eigenvalue weighted by molar-refractivity contribution is 0.558. The highest BCUT2D eigenvalue weighted by molar-refractivity contribution is 7.80. The Morgan fingerprint density at radius 1 is 1.33 bits per heavy atom. The molecule has 1 heterocycles. The molecule has 0 aliphatic rings. The number of halogens is 1. The van der Waals surface area contributed by atoms with E-state index < -0.39 is 0 Å². The molecule has 0 saturated carbocycles. The van der Waals surface area contributed by atoms with Crippen LogP contribution in [0.4, 0.5) is 5.69 Å². The van der Waals surface area contributed by atoms with E-state index in [1.807, 2.05) is 35.9 Å². The summed E-state index contributed by atoms with van der Waals surface area (Å²) in [6, 6.07) is 9.61. The van der Waals surface area contributed by atoms with E-state index in [1.54, 1.807) is 0 Å². The molecule has 2 rings (SSSR count). The van der Waals surface area contributed by atoms with Crippen LogP contribution < -0.4 is 10.6 Å². The number of anilines is 1. The van der Waals surface area contributed by atoms with Gasteiger partial charge in [0.2, 0.25) is 0 Å². The summed E-state index contributed by atoms with van der Waals surface area (Å²) in [7, 11) is 0. The van der Waals surface area contributed by atoms with E-state index in [9.17, 15) is 0 Å². The van der Waals surface area contributed by atoms with Gasteiger partial charge in [-0.1, -0.05) is 23.7 Å². The number of nitrogens with one attached hydrogen (secondary N) is 2. The van der Waals surface area contributed by atoms with E-state index in [0.717, 1.165) is 30.9 Å². The Morgan fingerprint density at radius 2 is 2.10 bits per heavy atom. The van der Waals surface area contributed by atoms with Crippen molar-refractivity contribution in [3.05, 3.63) is 46.7 Å². The van der Waals surface area contributed by atoms with Crippen molar-refractivity contribution in [3.63, 3.8) is 0 Å². The average molecular weight is 323 g/mol. The summed E-state index contributed by atoms with van der Waals surface area (Å²) in [6.45, 7) is 5.73. The second-order valence-electron chi connectivity index (χ2n) is 4.86. The molecule has 1 aromatic carbocycles. The van der Waals surface area contributed by atoms with E-state index in [0.29, 0.717) is 10.1 Å². The second kappa shape index (κ2) is 7.43. The third-order valence-electron chi connectivity index (χ3n) is 3.06. The topological polar surface area (TPSA) is 41.9 Å². The largest absolute Gasteiger partial charge is 0.362 e. The predicted molar refractivity (Wildman–Crippen MR) is 92.0 cm³/mol. The van der Waals surface area contributed by atoms with Gasteiger partial charge in [0.05, 0.1) is 16.4 Å². The lowest BCUT2D eigenvalue weighted by Crippen LogP contribution is -2.30. The standard InChI is InChI=1S/C15H19ClN4S/c1-11-10-12(2)20(19-11)9-5-8-17-15(21)18-14-7-4-3-6-13(14)16/h3-4,6-7,10H,5,8-9H2,1-2H3,(H2,17,18,21). The first kappa shape index (κ1) is 15.8. The molecule has 6 heteroatoms. The molecule has 0 amide bonds. The number of para-hydroxylation sites is 1. The molecule has 0 bridgehead atoms. The van der Waals surface area contributed by atoms with Crippen LogP contribution in [0.5, 0.6) is 0 Å². The highest BCUT2D eigenvalue weighted by Gasteiger charge is 2.02. The van der Waals surface area contributed by atoms with Gasteiger partial charge >= 0.3 is 0 Å². The van der Waals surface area contributed by atoms with Crippen LogP contribution in [0.3, 0.4) is 0 Å². The lowest BCUT2D eigenvalue weighted by Gasteiger charge is -2.11. The normalized spacial score (nSPS) is 10.4. The minimum atomic E-state index is 0.580. The molecule has 21 heavy (non-hydrogen) atoms. The number of hydrogen-bond acceptors (Lipinski definition) is 2. The van der Waals surface area contributed by atoms with E-state index in [-0.39, 0.29) is 0 Å². The Kier molecular flexibility index (Phi) is 5.59. The second-order valence-corrected chi connectivity index (χ2v) is 5.68. The Labute approximate surface area is 135 Å². The van der Waals surface area contributed by atoms with Gasteiger partial charge in [0, 0.05) is 18.8 Å². The molecular weight excluding hydrogens is 304 g/mol. The molecule has 0 fully saturated rings. The van der Waals surface area contributed by atoms with Crippen molar-refractivity contribution in [2.45, 2.75) is 26.8 Å². The summed E-state index contributed by atoms with van der Waals surface area (Å²) in [6.07, 6.45) is 0.951. The van der Waals surface area contributed by atoms with Gasteiger partial charge in [-0.2, -0.15) is 5.10 Å². The number of rotatable bonds is 5. The molecule has 0 atom stereocenters. The zero-order valence-corrected chi connectivity index (χ0v) is 13.8. The number of hydrogen-bond donors (Lipinski definition) is 2. The van der Waals surface area contributed by atoms with Crippen molar-refractivity contribution in [1.29, 1.82) is 0 Å². The predicted octanol–water partition coefficient (Wildman–Crippen LogP) is 3.53.